The standard InChI is InChI=1S/C14H9F6N/c1-6(11-7(15)3-2-4-8(11)16)21-14-12(19)9(17)5-10(18)13(14)20/h2-6,21H,1H3. The molecule has 0 spiro atoms. The number of hydrogen-bond donors (Lipinski definition) is 1. The summed E-state index contributed by atoms with van der Waals surface area (Å²) in [6, 6.07) is 1.82. The average Bonchev–Trinajstić information content (AvgIpc) is 2.41. The molecule has 0 aliphatic carbocycles. The van der Waals surface area contributed by atoms with Crippen LogP contribution >= 0.6 is 0 Å². The van der Waals surface area contributed by atoms with Gasteiger partial charge in [-0.25, -0.2) is 26.3 Å². The molecule has 2 aromatic rings. The van der Waals surface area contributed by atoms with Crippen molar-refractivity contribution < 1.29 is 26.3 Å². The molecule has 0 heterocycles. The Bertz CT molecular complexity index is 639. The molecule has 2 rings (SSSR count). The lowest BCUT2D eigenvalue weighted by molar-refractivity contribution is 0.456. The summed E-state index contributed by atoms with van der Waals surface area (Å²) in [6.45, 7) is 1.20. The Morgan fingerprint density at radius 1 is 0.810 bits per heavy atom. The van der Waals surface area contributed by atoms with Crippen LogP contribution < -0.4 is 5.32 Å². The third-order valence-corrected chi connectivity index (χ3v) is 2.91. The van der Waals surface area contributed by atoms with E-state index in [1.54, 1.807) is 0 Å². The summed E-state index contributed by atoms with van der Waals surface area (Å²) in [5.74, 6) is -8.47. The summed E-state index contributed by atoms with van der Waals surface area (Å²) in [7, 11) is 0. The van der Waals surface area contributed by atoms with Gasteiger partial charge in [-0.15, -0.1) is 0 Å². The van der Waals surface area contributed by atoms with Gasteiger partial charge in [0.2, 0.25) is 0 Å². The molecule has 0 aliphatic heterocycles. The van der Waals surface area contributed by atoms with Gasteiger partial charge in [-0.3, -0.25) is 0 Å². The fraction of sp³-hybridized carbons (Fsp3) is 0.143. The molecule has 1 nitrogen and oxygen atoms in total. The molecule has 0 aromatic heterocycles. The minimum absolute atomic E-state index is 0.0458. The normalized spacial score (nSPS) is 12.3. The number of benzene rings is 2. The van der Waals surface area contributed by atoms with Gasteiger partial charge in [0, 0.05) is 11.6 Å². The predicted molar refractivity (Wildman–Crippen MR) is 64.7 cm³/mol. The molecule has 21 heavy (non-hydrogen) atoms. The molecule has 0 radical (unpaired) electrons. The van der Waals surface area contributed by atoms with E-state index in [1.165, 1.54) is 6.92 Å². The highest BCUT2D eigenvalue weighted by molar-refractivity contribution is 5.49. The first-order valence-corrected chi connectivity index (χ1v) is 5.86. The van der Waals surface area contributed by atoms with E-state index < -0.39 is 52.2 Å². The van der Waals surface area contributed by atoms with Crippen molar-refractivity contribution in [3.63, 3.8) is 0 Å². The van der Waals surface area contributed by atoms with Gasteiger partial charge in [-0.2, -0.15) is 0 Å². The number of hydrogen-bond acceptors (Lipinski definition) is 1. The van der Waals surface area contributed by atoms with E-state index >= 15 is 0 Å². The van der Waals surface area contributed by atoms with Crippen molar-refractivity contribution in [1.29, 1.82) is 0 Å². The molecule has 2 aromatic carbocycles. The smallest absolute Gasteiger partial charge is 0.185 e. The van der Waals surface area contributed by atoms with E-state index in [-0.39, 0.29) is 6.07 Å². The molecule has 0 bridgehead atoms. The topological polar surface area (TPSA) is 12.0 Å². The van der Waals surface area contributed by atoms with Crippen LogP contribution in [-0.2, 0) is 0 Å². The van der Waals surface area contributed by atoms with Crippen molar-refractivity contribution in [1.82, 2.24) is 0 Å². The Labute approximate surface area is 116 Å². The fourth-order valence-corrected chi connectivity index (χ4v) is 1.91. The minimum atomic E-state index is -1.67. The lowest BCUT2D eigenvalue weighted by Crippen LogP contribution is -2.14. The summed E-state index contributed by atoms with van der Waals surface area (Å²) in [4.78, 5) is 0. The van der Waals surface area contributed by atoms with E-state index in [2.05, 4.69) is 0 Å². The van der Waals surface area contributed by atoms with Crippen molar-refractivity contribution in [3.05, 3.63) is 64.7 Å². The largest absolute Gasteiger partial charge is 0.373 e. The number of nitrogens with one attached hydrogen (secondary N) is 1. The fourth-order valence-electron chi connectivity index (χ4n) is 1.91. The van der Waals surface area contributed by atoms with Gasteiger partial charge in [0.1, 0.15) is 17.3 Å². The Hall–Kier alpha value is -2.18. The lowest BCUT2D eigenvalue weighted by Gasteiger charge is -2.18. The number of halogens is 6. The van der Waals surface area contributed by atoms with Gasteiger partial charge >= 0.3 is 0 Å². The monoisotopic (exact) mass is 305 g/mol. The first kappa shape index (κ1) is 15.2. The zero-order valence-electron chi connectivity index (χ0n) is 10.7. The molecule has 0 amide bonds. The molecular weight excluding hydrogens is 296 g/mol. The van der Waals surface area contributed by atoms with Crippen LogP contribution in [0.2, 0.25) is 0 Å². The van der Waals surface area contributed by atoms with Crippen LogP contribution in [0.25, 0.3) is 0 Å². The Morgan fingerprint density at radius 3 is 1.76 bits per heavy atom. The molecule has 1 unspecified atom stereocenters. The Morgan fingerprint density at radius 2 is 1.29 bits per heavy atom. The first-order chi connectivity index (χ1) is 9.82. The Balaban J connectivity index is 2.43. The van der Waals surface area contributed by atoms with Gasteiger partial charge in [0.25, 0.3) is 0 Å². The summed E-state index contributed by atoms with van der Waals surface area (Å²) in [6.07, 6.45) is 0. The zero-order chi connectivity index (χ0) is 15.7. The SMILES string of the molecule is CC(Nc1c(F)c(F)cc(F)c1F)c1c(F)cccc1F. The maximum Gasteiger partial charge on any atom is 0.185 e. The third-order valence-electron chi connectivity index (χ3n) is 2.91. The van der Waals surface area contributed by atoms with E-state index in [0.717, 1.165) is 18.2 Å². The predicted octanol–water partition coefficient (Wildman–Crippen LogP) is 4.69. The maximum absolute atomic E-state index is 13.5. The molecule has 1 N–H and O–H groups in total. The van der Waals surface area contributed by atoms with Gasteiger partial charge in [0.15, 0.2) is 23.3 Å². The van der Waals surface area contributed by atoms with Crippen LogP contribution in [0.15, 0.2) is 24.3 Å². The van der Waals surface area contributed by atoms with Crippen molar-refractivity contribution in [2.75, 3.05) is 5.32 Å². The highest BCUT2D eigenvalue weighted by atomic mass is 19.2. The highest BCUT2D eigenvalue weighted by Crippen LogP contribution is 2.29. The molecular formula is C14H9F6N. The second-order valence-electron chi connectivity index (χ2n) is 4.34. The van der Waals surface area contributed by atoms with E-state index in [1.807, 2.05) is 5.32 Å². The molecule has 0 saturated heterocycles. The van der Waals surface area contributed by atoms with Crippen molar-refractivity contribution >= 4 is 5.69 Å². The quantitative estimate of drug-likeness (QED) is 0.640. The summed E-state index contributed by atoms with van der Waals surface area (Å²) < 4.78 is 80.2. The minimum Gasteiger partial charge on any atom is -0.373 e. The second-order valence-corrected chi connectivity index (χ2v) is 4.34. The number of rotatable bonds is 3. The maximum atomic E-state index is 13.5. The van der Waals surface area contributed by atoms with Gasteiger partial charge in [0.05, 0.1) is 6.04 Å². The van der Waals surface area contributed by atoms with Crippen LogP contribution in [0.1, 0.15) is 18.5 Å². The van der Waals surface area contributed by atoms with Gasteiger partial charge in [-0.05, 0) is 19.1 Å². The van der Waals surface area contributed by atoms with E-state index in [0.29, 0.717) is 0 Å². The van der Waals surface area contributed by atoms with Crippen molar-refractivity contribution in [3.8, 4) is 0 Å². The molecule has 0 fully saturated rings. The van der Waals surface area contributed by atoms with Crippen LogP contribution in [0.3, 0.4) is 0 Å². The summed E-state index contributed by atoms with van der Waals surface area (Å²) >= 11 is 0. The molecule has 1 atom stereocenters. The molecule has 7 heteroatoms. The number of anilines is 1. The second kappa shape index (κ2) is 5.67. The molecule has 112 valence electrons. The highest BCUT2D eigenvalue weighted by Gasteiger charge is 2.23. The average molecular weight is 305 g/mol. The molecule has 0 saturated carbocycles. The summed E-state index contributed by atoms with van der Waals surface area (Å²) in [5.41, 5.74) is -1.62. The van der Waals surface area contributed by atoms with Crippen LogP contribution in [0.5, 0.6) is 0 Å². The van der Waals surface area contributed by atoms with Crippen LogP contribution in [-0.4, -0.2) is 0 Å². The Kier molecular flexibility index (Phi) is 4.11. The van der Waals surface area contributed by atoms with Gasteiger partial charge < -0.3 is 5.32 Å². The van der Waals surface area contributed by atoms with E-state index in [9.17, 15) is 26.3 Å². The van der Waals surface area contributed by atoms with Gasteiger partial charge in [-0.1, -0.05) is 6.07 Å². The first-order valence-electron chi connectivity index (χ1n) is 5.86. The van der Waals surface area contributed by atoms with Crippen molar-refractivity contribution in [2.45, 2.75) is 13.0 Å². The van der Waals surface area contributed by atoms with Crippen molar-refractivity contribution in [2.24, 2.45) is 0 Å². The van der Waals surface area contributed by atoms with Crippen LogP contribution in [0.4, 0.5) is 32.0 Å². The zero-order valence-corrected chi connectivity index (χ0v) is 10.7. The van der Waals surface area contributed by atoms with E-state index in [4.69, 9.17) is 0 Å². The van der Waals surface area contributed by atoms with Crippen LogP contribution in [0, 0.1) is 34.9 Å². The third kappa shape index (κ3) is 2.81. The molecule has 0 aliphatic rings. The lowest BCUT2D eigenvalue weighted by atomic mass is 10.1. The summed E-state index contributed by atoms with van der Waals surface area (Å²) in [5, 5.41) is 2.05.